The number of likely N-dealkylation sites (N-methyl/N-ethyl adjacent to an activating group) is 1. The molecule has 0 aliphatic carbocycles. The molecule has 1 saturated heterocycles. The highest BCUT2D eigenvalue weighted by molar-refractivity contribution is 5.78. The average Bonchev–Trinajstić information content (AvgIpc) is 2.83. The summed E-state index contributed by atoms with van der Waals surface area (Å²) in [5.41, 5.74) is 0.838. The molecule has 1 aromatic rings. The second-order valence-electron chi connectivity index (χ2n) is 4.15. The van der Waals surface area contributed by atoms with Gasteiger partial charge in [-0.3, -0.25) is 9.78 Å². The normalized spacial score (nSPS) is 19.7. The van der Waals surface area contributed by atoms with E-state index in [0.717, 1.165) is 25.2 Å². The summed E-state index contributed by atoms with van der Waals surface area (Å²) in [6, 6.07) is 6.00. The number of nitrogens with one attached hydrogen (secondary N) is 1. The molecule has 1 unspecified atom stereocenters. The Morgan fingerprint density at radius 2 is 2.50 bits per heavy atom. The van der Waals surface area contributed by atoms with Crippen molar-refractivity contribution in [3.63, 3.8) is 0 Å². The summed E-state index contributed by atoms with van der Waals surface area (Å²) < 4.78 is 0. The van der Waals surface area contributed by atoms with E-state index in [1.54, 1.807) is 6.20 Å². The largest absolute Gasteiger partial charge is 0.341 e. The van der Waals surface area contributed by atoms with Crippen LogP contribution in [0.3, 0.4) is 0 Å². The van der Waals surface area contributed by atoms with Gasteiger partial charge in [0.15, 0.2) is 0 Å². The number of carbonyl (C=O) groups excluding carboxylic acids is 1. The molecule has 1 atom stereocenters. The standard InChI is InChI=1S/C12H17N3O/c1-15(11-5-7-13-9-11)12(16)8-10-4-2-3-6-14-10/h2-4,6,11,13H,5,7-9H2,1H3. The van der Waals surface area contributed by atoms with Crippen LogP contribution in [0.5, 0.6) is 0 Å². The van der Waals surface area contributed by atoms with E-state index in [0.29, 0.717) is 12.5 Å². The van der Waals surface area contributed by atoms with E-state index in [9.17, 15) is 4.79 Å². The third kappa shape index (κ3) is 2.58. The average molecular weight is 219 g/mol. The number of nitrogens with zero attached hydrogens (tertiary/aromatic N) is 2. The van der Waals surface area contributed by atoms with Crippen LogP contribution < -0.4 is 5.32 Å². The lowest BCUT2D eigenvalue weighted by atomic mass is 10.2. The Labute approximate surface area is 95.7 Å². The summed E-state index contributed by atoms with van der Waals surface area (Å²) in [6.45, 7) is 1.91. The molecule has 0 saturated carbocycles. The van der Waals surface area contributed by atoms with E-state index in [2.05, 4.69) is 10.3 Å². The van der Waals surface area contributed by atoms with Crippen LogP contribution in [-0.4, -0.2) is 42.0 Å². The van der Waals surface area contributed by atoms with Gasteiger partial charge in [0.05, 0.1) is 6.42 Å². The Hall–Kier alpha value is -1.42. The van der Waals surface area contributed by atoms with Gasteiger partial charge < -0.3 is 10.2 Å². The molecular weight excluding hydrogens is 202 g/mol. The fourth-order valence-electron chi connectivity index (χ4n) is 1.96. The van der Waals surface area contributed by atoms with Crippen molar-refractivity contribution in [3.8, 4) is 0 Å². The third-order valence-corrected chi connectivity index (χ3v) is 3.03. The number of amides is 1. The second kappa shape index (κ2) is 5.07. The Morgan fingerprint density at radius 1 is 1.62 bits per heavy atom. The Bertz CT molecular complexity index is 347. The van der Waals surface area contributed by atoms with Crippen LogP contribution in [0.1, 0.15) is 12.1 Å². The zero-order valence-electron chi connectivity index (χ0n) is 9.52. The number of pyridine rings is 1. The molecule has 2 rings (SSSR count). The summed E-state index contributed by atoms with van der Waals surface area (Å²) in [4.78, 5) is 18.0. The second-order valence-corrected chi connectivity index (χ2v) is 4.15. The maximum Gasteiger partial charge on any atom is 0.228 e. The van der Waals surface area contributed by atoms with Gasteiger partial charge in [-0.15, -0.1) is 0 Å². The van der Waals surface area contributed by atoms with Crippen LogP contribution in [0.25, 0.3) is 0 Å². The van der Waals surface area contributed by atoms with E-state index in [1.165, 1.54) is 0 Å². The highest BCUT2D eigenvalue weighted by atomic mass is 16.2. The van der Waals surface area contributed by atoms with Gasteiger partial charge in [0.25, 0.3) is 0 Å². The van der Waals surface area contributed by atoms with Crippen molar-refractivity contribution in [1.29, 1.82) is 0 Å². The minimum atomic E-state index is 0.146. The molecule has 1 amide bonds. The first-order valence-corrected chi connectivity index (χ1v) is 5.63. The number of hydrogen-bond donors (Lipinski definition) is 1. The van der Waals surface area contributed by atoms with Crippen LogP contribution in [-0.2, 0) is 11.2 Å². The molecule has 1 fully saturated rings. The topological polar surface area (TPSA) is 45.2 Å². The molecule has 0 radical (unpaired) electrons. The lowest BCUT2D eigenvalue weighted by molar-refractivity contribution is -0.130. The van der Waals surface area contributed by atoms with Crippen molar-refractivity contribution < 1.29 is 4.79 Å². The number of hydrogen-bond acceptors (Lipinski definition) is 3. The summed E-state index contributed by atoms with van der Waals surface area (Å²) in [5, 5.41) is 3.26. The molecule has 2 heterocycles. The van der Waals surface area contributed by atoms with Crippen LogP contribution in [0.4, 0.5) is 0 Å². The predicted molar refractivity (Wildman–Crippen MR) is 62.0 cm³/mol. The Balaban J connectivity index is 1.92. The van der Waals surface area contributed by atoms with Gasteiger partial charge in [-0.05, 0) is 25.1 Å². The molecule has 1 N–H and O–H groups in total. The SMILES string of the molecule is CN(C(=O)Cc1ccccn1)C1CCNC1. The Kier molecular flexibility index (Phi) is 3.51. The smallest absolute Gasteiger partial charge is 0.228 e. The van der Waals surface area contributed by atoms with Crippen molar-refractivity contribution >= 4 is 5.91 Å². The lowest BCUT2D eigenvalue weighted by Crippen LogP contribution is -2.39. The van der Waals surface area contributed by atoms with Gasteiger partial charge in [-0.2, -0.15) is 0 Å². The maximum absolute atomic E-state index is 12.0. The van der Waals surface area contributed by atoms with Gasteiger partial charge in [0, 0.05) is 31.5 Å². The molecule has 1 aliphatic heterocycles. The van der Waals surface area contributed by atoms with Gasteiger partial charge in [0.2, 0.25) is 5.91 Å². The highest BCUT2D eigenvalue weighted by Crippen LogP contribution is 2.08. The first kappa shape index (κ1) is 11.1. The first-order chi connectivity index (χ1) is 7.77. The molecule has 0 bridgehead atoms. The zero-order chi connectivity index (χ0) is 11.4. The fraction of sp³-hybridized carbons (Fsp3) is 0.500. The molecule has 0 aromatic carbocycles. The van der Waals surface area contributed by atoms with E-state index < -0.39 is 0 Å². The van der Waals surface area contributed by atoms with Crippen molar-refractivity contribution in [2.75, 3.05) is 20.1 Å². The quantitative estimate of drug-likeness (QED) is 0.802. The summed E-state index contributed by atoms with van der Waals surface area (Å²) >= 11 is 0. The molecule has 0 spiro atoms. The number of aromatic nitrogens is 1. The molecule has 4 heteroatoms. The van der Waals surface area contributed by atoms with Gasteiger partial charge in [0.1, 0.15) is 0 Å². The minimum Gasteiger partial charge on any atom is -0.341 e. The molecule has 16 heavy (non-hydrogen) atoms. The van der Waals surface area contributed by atoms with Crippen LogP contribution in [0.2, 0.25) is 0 Å². The van der Waals surface area contributed by atoms with Gasteiger partial charge in [-0.25, -0.2) is 0 Å². The lowest BCUT2D eigenvalue weighted by Gasteiger charge is -2.23. The van der Waals surface area contributed by atoms with Crippen molar-refractivity contribution in [1.82, 2.24) is 15.2 Å². The fourth-order valence-corrected chi connectivity index (χ4v) is 1.96. The zero-order valence-corrected chi connectivity index (χ0v) is 9.52. The third-order valence-electron chi connectivity index (χ3n) is 3.03. The van der Waals surface area contributed by atoms with Crippen molar-refractivity contribution in [2.45, 2.75) is 18.9 Å². The Morgan fingerprint density at radius 3 is 3.12 bits per heavy atom. The summed E-state index contributed by atoms with van der Waals surface area (Å²) in [5.74, 6) is 0.146. The monoisotopic (exact) mass is 219 g/mol. The molecular formula is C12H17N3O. The van der Waals surface area contributed by atoms with E-state index in [1.807, 2.05) is 30.1 Å². The summed E-state index contributed by atoms with van der Waals surface area (Å²) in [7, 11) is 1.88. The maximum atomic E-state index is 12.0. The molecule has 1 aliphatic rings. The van der Waals surface area contributed by atoms with Crippen LogP contribution in [0, 0.1) is 0 Å². The number of rotatable bonds is 3. The van der Waals surface area contributed by atoms with Crippen molar-refractivity contribution in [3.05, 3.63) is 30.1 Å². The van der Waals surface area contributed by atoms with Gasteiger partial charge >= 0.3 is 0 Å². The predicted octanol–water partition coefficient (Wildman–Crippen LogP) is 0.444. The molecule has 1 aromatic heterocycles. The van der Waals surface area contributed by atoms with Crippen LogP contribution >= 0.6 is 0 Å². The molecule has 86 valence electrons. The highest BCUT2D eigenvalue weighted by Gasteiger charge is 2.23. The van der Waals surface area contributed by atoms with Crippen molar-refractivity contribution in [2.24, 2.45) is 0 Å². The summed E-state index contributed by atoms with van der Waals surface area (Å²) in [6.07, 6.45) is 3.16. The van der Waals surface area contributed by atoms with Gasteiger partial charge in [-0.1, -0.05) is 6.07 Å². The first-order valence-electron chi connectivity index (χ1n) is 5.63. The van der Waals surface area contributed by atoms with Crippen LogP contribution in [0.15, 0.2) is 24.4 Å². The molecule has 4 nitrogen and oxygen atoms in total. The van der Waals surface area contributed by atoms with E-state index in [-0.39, 0.29) is 5.91 Å². The van der Waals surface area contributed by atoms with E-state index >= 15 is 0 Å². The minimum absolute atomic E-state index is 0.146. The number of carbonyl (C=O) groups is 1. The van der Waals surface area contributed by atoms with E-state index in [4.69, 9.17) is 0 Å².